The zero-order chi connectivity index (χ0) is 15.6. The van der Waals surface area contributed by atoms with E-state index >= 15 is 0 Å². The largest absolute Gasteiger partial charge is 0.305 e. The second-order valence-corrected chi connectivity index (χ2v) is 6.56. The Kier molecular flexibility index (Phi) is 4.19. The summed E-state index contributed by atoms with van der Waals surface area (Å²) in [5.41, 5.74) is 0.494. The number of amides is 1. The Labute approximate surface area is 126 Å². The number of nitrogens with zero attached hydrogens (tertiary/aromatic N) is 3. The van der Waals surface area contributed by atoms with Crippen LogP contribution in [0.3, 0.4) is 0 Å². The van der Waals surface area contributed by atoms with Crippen molar-refractivity contribution in [1.29, 1.82) is 0 Å². The molecule has 0 bridgehead atoms. The Bertz CT molecular complexity index is 808. The molecular weight excluding hydrogens is 316 g/mol. The summed E-state index contributed by atoms with van der Waals surface area (Å²) in [6.45, 7) is 1.77. The van der Waals surface area contributed by atoms with E-state index < -0.39 is 20.9 Å². The molecule has 0 aliphatic carbocycles. The van der Waals surface area contributed by atoms with Crippen LogP contribution in [0.5, 0.6) is 0 Å². The van der Waals surface area contributed by atoms with Crippen LogP contribution in [0, 0.1) is 6.92 Å². The molecule has 9 heteroatoms. The second-order valence-electron chi connectivity index (χ2n) is 4.24. The van der Waals surface area contributed by atoms with E-state index in [2.05, 4.69) is 20.3 Å². The van der Waals surface area contributed by atoms with Gasteiger partial charge in [0.1, 0.15) is 5.82 Å². The number of aryl methyl sites for hydroxylation is 1. The third-order valence-corrected chi connectivity index (χ3v) is 3.54. The number of carbonyl (C=O) groups is 1. The molecule has 2 heterocycles. The summed E-state index contributed by atoms with van der Waals surface area (Å²) in [7, 11) is -3.63. The lowest BCUT2D eigenvalue weighted by molar-refractivity contribution is 0.102. The maximum Gasteiger partial charge on any atom is 0.277 e. The van der Waals surface area contributed by atoms with Gasteiger partial charge in [0.05, 0.1) is 11.2 Å². The normalized spacial score (nSPS) is 11.2. The number of carbonyl (C=O) groups excluding carboxylic acids is 1. The summed E-state index contributed by atoms with van der Waals surface area (Å²) >= 11 is 5.84. The first-order valence-electron chi connectivity index (χ1n) is 5.75. The third kappa shape index (κ3) is 3.73. The zero-order valence-electron chi connectivity index (χ0n) is 11.2. The van der Waals surface area contributed by atoms with Gasteiger partial charge in [0.25, 0.3) is 5.91 Å². The van der Waals surface area contributed by atoms with Gasteiger partial charge in [0.15, 0.2) is 5.69 Å². The Morgan fingerprint density at radius 3 is 2.62 bits per heavy atom. The number of halogens is 1. The Morgan fingerprint density at radius 1 is 1.29 bits per heavy atom. The maximum atomic E-state index is 12.1. The zero-order valence-corrected chi connectivity index (χ0v) is 12.7. The molecule has 2 aromatic rings. The molecule has 0 saturated heterocycles. The van der Waals surface area contributed by atoms with E-state index in [0.29, 0.717) is 5.82 Å². The molecule has 2 rings (SSSR count). The molecule has 0 aliphatic heterocycles. The summed E-state index contributed by atoms with van der Waals surface area (Å²) < 4.78 is 22.8. The molecule has 0 radical (unpaired) electrons. The fourth-order valence-electron chi connectivity index (χ4n) is 1.48. The van der Waals surface area contributed by atoms with Gasteiger partial charge < -0.3 is 5.32 Å². The average molecular weight is 327 g/mol. The molecule has 110 valence electrons. The molecule has 0 atom stereocenters. The fraction of sp³-hybridized carbons (Fsp3) is 0.167. The third-order valence-electron chi connectivity index (χ3n) is 2.40. The molecule has 0 aromatic carbocycles. The lowest BCUT2D eigenvalue weighted by Crippen LogP contribution is -2.17. The number of anilines is 1. The smallest absolute Gasteiger partial charge is 0.277 e. The van der Waals surface area contributed by atoms with Gasteiger partial charge in [-0.2, -0.15) is 0 Å². The minimum absolute atomic E-state index is 0.0486. The molecule has 7 nitrogen and oxygen atoms in total. The number of rotatable bonds is 3. The first-order valence-corrected chi connectivity index (χ1v) is 8.02. The first kappa shape index (κ1) is 15.3. The molecule has 1 N–H and O–H groups in total. The Hall–Kier alpha value is -2.06. The van der Waals surface area contributed by atoms with Crippen LogP contribution in [0.4, 0.5) is 5.82 Å². The van der Waals surface area contributed by atoms with Crippen LogP contribution in [0.1, 0.15) is 16.2 Å². The highest BCUT2D eigenvalue weighted by atomic mass is 35.5. The highest BCUT2D eigenvalue weighted by Gasteiger charge is 2.19. The van der Waals surface area contributed by atoms with Crippen LogP contribution in [-0.2, 0) is 9.84 Å². The van der Waals surface area contributed by atoms with Crippen LogP contribution >= 0.6 is 11.6 Å². The van der Waals surface area contributed by atoms with Gasteiger partial charge in [-0.15, -0.1) is 0 Å². The molecule has 2 aromatic heterocycles. The molecule has 0 saturated carbocycles. The van der Waals surface area contributed by atoms with Crippen LogP contribution in [-0.4, -0.2) is 35.5 Å². The predicted octanol–water partition coefficient (Wildman–Crippen LogP) is 1.49. The SMILES string of the molecule is Cc1cccc(NC(=O)c2nc(S(C)(=O)=O)ncc2Cl)n1. The number of hydrogen-bond donors (Lipinski definition) is 1. The number of hydrogen-bond acceptors (Lipinski definition) is 6. The first-order chi connectivity index (χ1) is 9.77. The van der Waals surface area contributed by atoms with E-state index in [4.69, 9.17) is 11.6 Å². The number of sulfone groups is 1. The minimum Gasteiger partial charge on any atom is -0.305 e. The summed E-state index contributed by atoms with van der Waals surface area (Å²) in [4.78, 5) is 23.5. The highest BCUT2D eigenvalue weighted by molar-refractivity contribution is 7.90. The van der Waals surface area contributed by atoms with Crippen molar-refractivity contribution in [2.24, 2.45) is 0 Å². The summed E-state index contributed by atoms with van der Waals surface area (Å²) in [6, 6.07) is 5.09. The van der Waals surface area contributed by atoms with E-state index in [0.717, 1.165) is 18.1 Å². The second kappa shape index (κ2) is 5.74. The van der Waals surface area contributed by atoms with Gasteiger partial charge >= 0.3 is 0 Å². The topological polar surface area (TPSA) is 102 Å². The summed E-state index contributed by atoms with van der Waals surface area (Å²) in [5.74, 6) is -0.346. The van der Waals surface area contributed by atoms with Crippen LogP contribution in [0.2, 0.25) is 5.02 Å². The number of aromatic nitrogens is 3. The number of pyridine rings is 1. The van der Waals surface area contributed by atoms with Crippen LogP contribution in [0.15, 0.2) is 29.6 Å². The van der Waals surface area contributed by atoms with Gasteiger partial charge in [-0.3, -0.25) is 4.79 Å². The van der Waals surface area contributed by atoms with Crippen molar-refractivity contribution in [1.82, 2.24) is 15.0 Å². The molecule has 0 spiro atoms. The lowest BCUT2D eigenvalue weighted by atomic mass is 10.3. The molecule has 0 unspecified atom stereocenters. The van der Waals surface area contributed by atoms with E-state index in [1.807, 2.05) is 0 Å². The van der Waals surface area contributed by atoms with Gasteiger partial charge in [-0.1, -0.05) is 17.7 Å². The Balaban J connectivity index is 2.35. The molecular formula is C12H11ClN4O3S. The van der Waals surface area contributed by atoms with Crippen molar-refractivity contribution in [3.8, 4) is 0 Å². The van der Waals surface area contributed by atoms with Crippen molar-refractivity contribution in [2.75, 3.05) is 11.6 Å². The highest BCUT2D eigenvalue weighted by Crippen LogP contribution is 2.16. The van der Waals surface area contributed by atoms with E-state index in [9.17, 15) is 13.2 Å². The monoisotopic (exact) mass is 326 g/mol. The standard InChI is InChI=1S/C12H11ClN4O3S/c1-7-4-3-5-9(15-7)16-11(18)10-8(13)6-14-12(17-10)21(2,19)20/h3-6H,1-2H3,(H,15,16,18). The quantitative estimate of drug-likeness (QED) is 0.857. The predicted molar refractivity (Wildman–Crippen MR) is 77.1 cm³/mol. The van der Waals surface area contributed by atoms with Crippen LogP contribution in [0.25, 0.3) is 0 Å². The average Bonchev–Trinajstić information content (AvgIpc) is 2.37. The minimum atomic E-state index is -3.63. The van der Waals surface area contributed by atoms with Crippen molar-refractivity contribution >= 4 is 33.2 Å². The molecule has 0 aliphatic rings. The van der Waals surface area contributed by atoms with Crippen molar-refractivity contribution in [2.45, 2.75) is 12.1 Å². The van der Waals surface area contributed by atoms with Crippen molar-refractivity contribution < 1.29 is 13.2 Å². The van der Waals surface area contributed by atoms with Crippen LogP contribution < -0.4 is 5.32 Å². The van der Waals surface area contributed by atoms with Crippen molar-refractivity contribution in [3.05, 3.63) is 40.8 Å². The van der Waals surface area contributed by atoms with Gasteiger partial charge in [-0.05, 0) is 19.1 Å². The fourth-order valence-corrected chi connectivity index (χ4v) is 2.16. The van der Waals surface area contributed by atoms with E-state index in [-0.39, 0.29) is 10.7 Å². The molecule has 0 fully saturated rings. The maximum absolute atomic E-state index is 12.1. The molecule has 1 amide bonds. The van der Waals surface area contributed by atoms with Gasteiger partial charge in [0, 0.05) is 11.9 Å². The Morgan fingerprint density at radius 2 is 2.00 bits per heavy atom. The molecule has 21 heavy (non-hydrogen) atoms. The van der Waals surface area contributed by atoms with Gasteiger partial charge in [0.2, 0.25) is 15.0 Å². The summed E-state index contributed by atoms with van der Waals surface area (Å²) in [5, 5.41) is 1.99. The lowest BCUT2D eigenvalue weighted by Gasteiger charge is -2.06. The van der Waals surface area contributed by atoms with E-state index in [1.165, 1.54) is 0 Å². The number of nitrogens with one attached hydrogen (secondary N) is 1. The van der Waals surface area contributed by atoms with Crippen molar-refractivity contribution in [3.63, 3.8) is 0 Å². The van der Waals surface area contributed by atoms with Gasteiger partial charge in [-0.25, -0.2) is 23.4 Å². The summed E-state index contributed by atoms with van der Waals surface area (Å²) in [6.07, 6.45) is 2.02. The van der Waals surface area contributed by atoms with E-state index in [1.54, 1.807) is 25.1 Å².